The van der Waals surface area contributed by atoms with Crippen LogP contribution in [-0.2, 0) is 17.9 Å². The number of piperidine rings is 2. The first kappa shape index (κ1) is 18.4. The van der Waals surface area contributed by atoms with Crippen LogP contribution in [0.1, 0.15) is 50.7 Å². The second-order valence-electron chi connectivity index (χ2n) is 8.02. The summed E-state index contributed by atoms with van der Waals surface area (Å²) in [7, 11) is 0. The van der Waals surface area contributed by atoms with Gasteiger partial charge < -0.3 is 10.6 Å². The second-order valence-corrected chi connectivity index (χ2v) is 8.02. The van der Waals surface area contributed by atoms with Gasteiger partial charge in [-0.3, -0.25) is 9.69 Å². The molecule has 4 nitrogen and oxygen atoms in total. The Morgan fingerprint density at radius 3 is 2.60 bits per heavy atom. The van der Waals surface area contributed by atoms with E-state index in [1.54, 1.807) is 0 Å². The van der Waals surface area contributed by atoms with Gasteiger partial charge >= 0.3 is 0 Å². The Morgan fingerprint density at radius 1 is 1.16 bits per heavy atom. The molecule has 1 aromatic rings. The molecule has 0 aromatic heterocycles. The number of hydrogen-bond donors (Lipinski definition) is 2. The predicted octanol–water partition coefficient (Wildman–Crippen LogP) is 2.92. The minimum atomic E-state index is 0.159. The number of hydrogen-bond acceptors (Lipinski definition) is 3. The topological polar surface area (TPSA) is 44.4 Å². The molecule has 0 unspecified atom stereocenters. The molecule has 0 saturated carbocycles. The van der Waals surface area contributed by atoms with E-state index < -0.39 is 0 Å². The molecule has 0 radical (unpaired) electrons. The summed E-state index contributed by atoms with van der Waals surface area (Å²) in [6.45, 7) is 9.49. The fourth-order valence-corrected chi connectivity index (χ4v) is 4.04. The van der Waals surface area contributed by atoms with Crippen molar-refractivity contribution in [1.29, 1.82) is 0 Å². The first-order valence-corrected chi connectivity index (χ1v) is 9.92. The van der Waals surface area contributed by atoms with Crippen LogP contribution in [0, 0.1) is 11.8 Å². The van der Waals surface area contributed by atoms with E-state index in [9.17, 15) is 4.79 Å². The van der Waals surface area contributed by atoms with E-state index >= 15 is 0 Å². The number of rotatable bonds is 5. The summed E-state index contributed by atoms with van der Waals surface area (Å²) in [5.74, 6) is 1.24. The smallest absolute Gasteiger partial charge is 0.223 e. The van der Waals surface area contributed by atoms with Crippen LogP contribution in [-0.4, -0.2) is 36.5 Å². The van der Waals surface area contributed by atoms with Crippen LogP contribution < -0.4 is 10.6 Å². The fourth-order valence-electron chi connectivity index (χ4n) is 4.04. The van der Waals surface area contributed by atoms with E-state index in [1.807, 2.05) is 0 Å². The van der Waals surface area contributed by atoms with Crippen LogP contribution in [0.15, 0.2) is 24.3 Å². The summed E-state index contributed by atoms with van der Waals surface area (Å²) in [4.78, 5) is 15.1. The average molecular weight is 344 g/mol. The summed E-state index contributed by atoms with van der Waals surface area (Å²) in [6.07, 6.45) is 4.49. The van der Waals surface area contributed by atoms with Crippen molar-refractivity contribution >= 4 is 5.91 Å². The third-order valence-electron chi connectivity index (χ3n) is 5.84. The molecular formula is C21H33N3O. The lowest BCUT2D eigenvalue weighted by Gasteiger charge is -2.31. The Balaban J connectivity index is 1.54. The molecule has 2 saturated heterocycles. The third kappa shape index (κ3) is 5.29. The van der Waals surface area contributed by atoms with Gasteiger partial charge in [0, 0.05) is 25.0 Å². The lowest BCUT2D eigenvalue weighted by Crippen LogP contribution is -2.42. The molecule has 0 bridgehead atoms. The van der Waals surface area contributed by atoms with Crippen molar-refractivity contribution in [2.75, 3.05) is 19.6 Å². The maximum atomic E-state index is 12.5. The number of amides is 1. The zero-order valence-electron chi connectivity index (χ0n) is 15.8. The third-order valence-corrected chi connectivity index (χ3v) is 5.84. The van der Waals surface area contributed by atoms with Gasteiger partial charge in [-0.15, -0.1) is 0 Å². The van der Waals surface area contributed by atoms with E-state index in [2.05, 4.69) is 53.6 Å². The van der Waals surface area contributed by atoms with Crippen LogP contribution in [0.3, 0.4) is 0 Å². The highest BCUT2D eigenvalue weighted by atomic mass is 16.1. The molecule has 2 aliphatic heterocycles. The standard InChI is InChI=1S/C21H33N3O/c1-16-8-11-24(12-9-16)15-20-6-4-3-5-19(20)14-23-21(25)18-7-10-22-17(2)13-18/h3-6,16-18,22H,7-15H2,1-2H3,(H,23,25)/t17-,18-/m0/s1. The number of nitrogens with one attached hydrogen (secondary N) is 2. The highest BCUT2D eigenvalue weighted by Gasteiger charge is 2.24. The van der Waals surface area contributed by atoms with Gasteiger partial charge in [-0.1, -0.05) is 31.2 Å². The SMILES string of the molecule is CC1CCN(Cc2ccccc2CNC(=O)[C@H]2CCN[C@@H](C)C2)CC1. The Kier molecular flexibility index (Phi) is 6.49. The van der Waals surface area contributed by atoms with Crippen molar-refractivity contribution in [3.63, 3.8) is 0 Å². The first-order chi connectivity index (χ1) is 12.1. The molecule has 4 heteroatoms. The van der Waals surface area contributed by atoms with Gasteiger partial charge in [0.25, 0.3) is 0 Å². The van der Waals surface area contributed by atoms with Gasteiger partial charge in [0.2, 0.25) is 5.91 Å². The molecule has 25 heavy (non-hydrogen) atoms. The van der Waals surface area contributed by atoms with Crippen molar-refractivity contribution in [3.8, 4) is 0 Å². The molecule has 138 valence electrons. The highest BCUT2D eigenvalue weighted by Crippen LogP contribution is 2.20. The normalized spacial score (nSPS) is 25.7. The van der Waals surface area contributed by atoms with E-state index in [-0.39, 0.29) is 11.8 Å². The largest absolute Gasteiger partial charge is 0.352 e. The van der Waals surface area contributed by atoms with Gasteiger partial charge in [-0.05, 0) is 69.3 Å². The number of carbonyl (C=O) groups excluding carboxylic acids is 1. The van der Waals surface area contributed by atoms with E-state index in [0.29, 0.717) is 12.6 Å². The quantitative estimate of drug-likeness (QED) is 0.864. The van der Waals surface area contributed by atoms with E-state index in [0.717, 1.165) is 31.8 Å². The lowest BCUT2D eigenvalue weighted by atomic mass is 9.92. The van der Waals surface area contributed by atoms with E-state index in [1.165, 1.54) is 37.1 Å². The molecule has 2 atom stereocenters. The Labute approximate surface area is 152 Å². The zero-order valence-corrected chi connectivity index (χ0v) is 15.8. The van der Waals surface area contributed by atoms with Crippen LogP contribution >= 0.6 is 0 Å². The Hall–Kier alpha value is -1.39. The maximum Gasteiger partial charge on any atom is 0.223 e. The maximum absolute atomic E-state index is 12.5. The summed E-state index contributed by atoms with van der Waals surface area (Å²) in [5, 5.41) is 6.60. The van der Waals surface area contributed by atoms with Crippen molar-refractivity contribution in [1.82, 2.24) is 15.5 Å². The minimum Gasteiger partial charge on any atom is -0.352 e. The molecule has 2 aliphatic rings. The van der Waals surface area contributed by atoms with Crippen molar-refractivity contribution < 1.29 is 4.79 Å². The van der Waals surface area contributed by atoms with Gasteiger partial charge in [0.1, 0.15) is 0 Å². The van der Waals surface area contributed by atoms with Crippen LogP contribution in [0.2, 0.25) is 0 Å². The second kappa shape index (κ2) is 8.81. The van der Waals surface area contributed by atoms with E-state index in [4.69, 9.17) is 0 Å². The summed E-state index contributed by atoms with van der Waals surface area (Å²) in [5.41, 5.74) is 2.62. The van der Waals surface area contributed by atoms with Gasteiger partial charge in [0.15, 0.2) is 0 Å². The summed E-state index contributed by atoms with van der Waals surface area (Å²) < 4.78 is 0. The number of likely N-dealkylation sites (tertiary alicyclic amines) is 1. The van der Waals surface area contributed by atoms with Gasteiger partial charge in [-0.25, -0.2) is 0 Å². The highest BCUT2D eigenvalue weighted by molar-refractivity contribution is 5.78. The average Bonchev–Trinajstić information content (AvgIpc) is 2.62. The number of nitrogens with zero attached hydrogens (tertiary/aromatic N) is 1. The summed E-state index contributed by atoms with van der Waals surface area (Å²) in [6, 6.07) is 9.01. The molecule has 1 aromatic carbocycles. The molecule has 1 amide bonds. The minimum absolute atomic E-state index is 0.159. The van der Waals surface area contributed by atoms with Crippen molar-refractivity contribution in [2.24, 2.45) is 11.8 Å². The van der Waals surface area contributed by atoms with Crippen LogP contribution in [0.4, 0.5) is 0 Å². The van der Waals surface area contributed by atoms with Crippen molar-refractivity contribution in [2.45, 2.75) is 58.7 Å². The molecule has 2 fully saturated rings. The van der Waals surface area contributed by atoms with Gasteiger partial charge in [-0.2, -0.15) is 0 Å². The molecule has 2 N–H and O–H groups in total. The number of carbonyl (C=O) groups is 1. The first-order valence-electron chi connectivity index (χ1n) is 9.92. The molecular weight excluding hydrogens is 310 g/mol. The predicted molar refractivity (Wildman–Crippen MR) is 102 cm³/mol. The zero-order chi connectivity index (χ0) is 17.6. The molecule has 2 heterocycles. The molecule has 0 aliphatic carbocycles. The number of benzene rings is 1. The molecule has 3 rings (SSSR count). The monoisotopic (exact) mass is 343 g/mol. The lowest BCUT2D eigenvalue weighted by molar-refractivity contribution is -0.126. The summed E-state index contributed by atoms with van der Waals surface area (Å²) >= 11 is 0. The Bertz CT molecular complexity index is 566. The van der Waals surface area contributed by atoms with Crippen LogP contribution in [0.25, 0.3) is 0 Å². The van der Waals surface area contributed by atoms with Crippen molar-refractivity contribution in [3.05, 3.63) is 35.4 Å². The van der Waals surface area contributed by atoms with Crippen LogP contribution in [0.5, 0.6) is 0 Å². The van der Waals surface area contributed by atoms with Gasteiger partial charge in [0.05, 0.1) is 0 Å². The Morgan fingerprint density at radius 2 is 1.88 bits per heavy atom. The molecule has 0 spiro atoms. The fraction of sp³-hybridized carbons (Fsp3) is 0.667.